The van der Waals surface area contributed by atoms with E-state index < -0.39 is 5.91 Å². The number of aliphatic imine (C=N–C) groups is 1. The van der Waals surface area contributed by atoms with Crippen LogP contribution in [0.25, 0.3) is 5.70 Å². The van der Waals surface area contributed by atoms with Gasteiger partial charge in [0.25, 0.3) is 5.91 Å². The Kier molecular flexibility index (Phi) is 4.48. The zero-order valence-corrected chi connectivity index (χ0v) is 14.9. The Morgan fingerprint density at radius 1 is 1.22 bits per heavy atom. The number of anilines is 1. The number of rotatable bonds is 3. The second kappa shape index (κ2) is 7.09. The molecule has 2 heterocycles. The number of hydroxylamine groups is 1. The predicted molar refractivity (Wildman–Crippen MR) is 106 cm³/mol. The minimum Gasteiger partial charge on any atom is -0.353 e. The quantitative estimate of drug-likeness (QED) is 0.578. The first-order valence-electron chi connectivity index (χ1n) is 8.87. The van der Waals surface area contributed by atoms with Crippen molar-refractivity contribution in [1.82, 2.24) is 10.4 Å². The summed E-state index contributed by atoms with van der Waals surface area (Å²) in [6.45, 7) is 3.80. The van der Waals surface area contributed by atoms with Crippen molar-refractivity contribution in [2.75, 3.05) is 18.4 Å². The van der Waals surface area contributed by atoms with Crippen molar-refractivity contribution < 1.29 is 10.0 Å². The summed E-state index contributed by atoms with van der Waals surface area (Å²) < 4.78 is 0. The van der Waals surface area contributed by atoms with Gasteiger partial charge >= 0.3 is 0 Å². The first kappa shape index (κ1) is 17.1. The van der Waals surface area contributed by atoms with Gasteiger partial charge in [0.2, 0.25) is 0 Å². The number of benzene rings is 2. The molecule has 2 aromatic carbocycles. The van der Waals surface area contributed by atoms with E-state index in [1.807, 2.05) is 36.4 Å². The van der Waals surface area contributed by atoms with E-state index in [0.29, 0.717) is 5.56 Å². The molecule has 3 N–H and O–H groups in total. The molecule has 0 radical (unpaired) electrons. The topological polar surface area (TPSA) is 77.0 Å². The molecule has 0 fully saturated rings. The van der Waals surface area contributed by atoms with E-state index in [2.05, 4.69) is 29.3 Å². The monoisotopic (exact) mass is 360 g/mol. The summed E-state index contributed by atoms with van der Waals surface area (Å²) in [5.74, 6) is 0.403. The van der Waals surface area contributed by atoms with Gasteiger partial charge in [0.05, 0.1) is 17.1 Å². The third-order valence-electron chi connectivity index (χ3n) is 4.73. The molecule has 6 nitrogen and oxygen atoms in total. The second-order valence-electron chi connectivity index (χ2n) is 6.33. The van der Waals surface area contributed by atoms with Gasteiger partial charge in [-0.25, -0.2) is 10.5 Å². The van der Waals surface area contributed by atoms with E-state index in [9.17, 15) is 4.79 Å². The van der Waals surface area contributed by atoms with Crippen LogP contribution in [0, 0.1) is 0 Å². The van der Waals surface area contributed by atoms with Gasteiger partial charge in [-0.2, -0.15) is 0 Å². The Hall–Kier alpha value is -3.38. The lowest BCUT2D eigenvalue weighted by Crippen LogP contribution is -2.35. The van der Waals surface area contributed by atoms with Crippen molar-refractivity contribution in [2.45, 2.75) is 6.92 Å². The highest BCUT2D eigenvalue weighted by Gasteiger charge is 2.24. The smallest absolute Gasteiger partial charge is 0.274 e. The molecule has 0 saturated carbocycles. The Morgan fingerprint density at radius 2 is 2.00 bits per heavy atom. The number of hydrogen-bond acceptors (Lipinski definition) is 5. The molecular weight excluding hydrogens is 340 g/mol. The normalized spacial score (nSPS) is 15.3. The molecule has 27 heavy (non-hydrogen) atoms. The van der Waals surface area contributed by atoms with E-state index >= 15 is 0 Å². The molecule has 0 atom stereocenters. The number of carbonyl (C=O) groups excluding carboxylic acids is 1. The standard InChI is InChI=1S/C21H20N4O2/c1-2-25-13-5-6-16-19(14-9-11-15(12-10-14)21(26)24-27)22-17-7-3-4-8-18(17)23-20(16)25/h3-12,22,27H,2,13H2,1H3,(H,24,26). The van der Waals surface area contributed by atoms with E-state index in [4.69, 9.17) is 10.2 Å². The number of fused-ring (bicyclic) bond motifs is 2. The van der Waals surface area contributed by atoms with Gasteiger partial charge in [-0.1, -0.05) is 36.4 Å². The van der Waals surface area contributed by atoms with Gasteiger partial charge < -0.3 is 10.2 Å². The molecule has 0 aromatic heterocycles. The fraction of sp³-hybridized carbons (Fsp3) is 0.143. The van der Waals surface area contributed by atoms with Crippen LogP contribution in [0.3, 0.4) is 0 Å². The Bertz CT molecular complexity index is 974. The zero-order chi connectivity index (χ0) is 18.8. The average Bonchev–Trinajstić information content (AvgIpc) is 2.90. The number of likely N-dealkylation sites (N-methyl/N-ethyl adjacent to an activating group) is 1. The molecule has 6 heteroatoms. The number of hydrogen-bond donors (Lipinski definition) is 3. The van der Waals surface area contributed by atoms with Crippen LogP contribution in [0.15, 0.2) is 71.2 Å². The summed E-state index contributed by atoms with van der Waals surface area (Å²) in [7, 11) is 0. The summed E-state index contributed by atoms with van der Waals surface area (Å²) in [6, 6.07) is 15.1. The highest BCUT2D eigenvalue weighted by atomic mass is 16.5. The molecule has 0 spiro atoms. The number of amides is 1. The molecule has 0 aliphatic carbocycles. The van der Waals surface area contributed by atoms with Crippen LogP contribution in [-0.2, 0) is 0 Å². The summed E-state index contributed by atoms with van der Waals surface area (Å²) >= 11 is 0. The highest BCUT2D eigenvalue weighted by molar-refractivity contribution is 6.12. The van der Waals surface area contributed by atoms with Crippen molar-refractivity contribution in [3.05, 3.63) is 77.4 Å². The maximum Gasteiger partial charge on any atom is 0.274 e. The van der Waals surface area contributed by atoms with Crippen LogP contribution in [0.5, 0.6) is 0 Å². The lowest BCUT2D eigenvalue weighted by Gasteiger charge is -2.28. The highest BCUT2D eigenvalue weighted by Crippen LogP contribution is 2.35. The van der Waals surface area contributed by atoms with Gasteiger partial charge in [0.1, 0.15) is 5.84 Å². The Labute approximate surface area is 157 Å². The van der Waals surface area contributed by atoms with E-state index in [-0.39, 0.29) is 0 Å². The maximum atomic E-state index is 11.6. The number of carbonyl (C=O) groups is 1. The van der Waals surface area contributed by atoms with Crippen molar-refractivity contribution in [3.63, 3.8) is 0 Å². The van der Waals surface area contributed by atoms with Gasteiger partial charge in [0, 0.05) is 24.2 Å². The third-order valence-corrected chi connectivity index (χ3v) is 4.73. The molecule has 0 saturated heterocycles. The number of nitrogens with zero attached hydrogens (tertiary/aromatic N) is 2. The molecule has 2 aliphatic rings. The number of para-hydroxylation sites is 2. The lowest BCUT2D eigenvalue weighted by molar-refractivity contribution is 0.0706. The second-order valence-corrected chi connectivity index (χ2v) is 6.33. The number of amidine groups is 1. The first-order valence-corrected chi connectivity index (χ1v) is 8.87. The summed E-state index contributed by atoms with van der Waals surface area (Å²) in [5.41, 5.74) is 6.76. The fourth-order valence-electron chi connectivity index (χ4n) is 3.31. The van der Waals surface area contributed by atoms with Crippen LogP contribution in [0.2, 0.25) is 0 Å². The minimum absolute atomic E-state index is 0.393. The van der Waals surface area contributed by atoms with E-state index in [1.165, 1.54) is 0 Å². The molecular formula is C21H20N4O2. The van der Waals surface area contributed by atoms with Crippen LogP contribution >= 0.6 is 0 Å². The molecule has 0 unspecified atom stereocenters. The third kappa shape index (κ3) is 3.11. The molecule has 2 aromatic rings. The van der Waals surface area contributed by atoms with Crippen LogP contribution in [0.4, 0.5) is 11.4 Å². The fourth-order valence-corrected chi connectivity index (χ4v) is 3.31. The van der Waals surface area contributed by atoms with Gasteiger partial charge in [-0.3, -0.25) is 10.0 Å². The lowest BCUT2D eigenvalue weighted by atomic mass is 10.0. The predicted octanol–water partition coefficient (Wildman–Crippen LogP) is 3.56. The Balaban J connectivity index is 1.86. The molecule has 4 rings (SSSR count). The SMILES string of the molecule is CCN1CC=CC2=C(c3ccc(C(=O)NO)cc3)Nc3ccccc3N=C21. The zero-order valence-electron chi connectivity index (χ0n) is 14.9. The van der Waals surface area contributed by atoms with Crippen LogP contribution in [0.1, 0.15) is 22.8 Å². The molecule has 2 aliphatic heterocycles. The van der Waals surface area contributed by atoms with Crippen LogP contribution in [-0.4, -0.2) is 34.9 Å². The average molecular weight is 360 g/mol. The van der Waals surface area contributed by atoms with Crippen molar-refractivity contribution in [1.29, 1.82) is 0 Å². The van der Waals surface area contributed by atoms with Crippen molar-refractivity contribution in [2.24, 2.45) is 4.99 Å². The molecule has 1 amide bonds. The first-order chi connectivity index (χ1) is 13.2. The van der Waals surface area contributed by atoms with Crippen molar-refractivity contribution in [3.8, 4) is 0 Å². The Morgan fingerprint density at radius 3 is 2.74 bits per heavy atom. The molecule has 0 bridgehead atoms. The van der Waals surface area contributed by atoms with Crippen LogP contribution < -0.4 is 10.8 Å². The van der Waals surface area contributed by atoms with E-state index in [0.717, 1.165) is 47.1 Å². The summed E-state index contributed by atoms with van der Waals surface area (Å²) in [5, 5.41) is 12.3. The summed E-state index contributed by atoms with van der Waals surface area (Å²) in [6.07, 6.45) is 4.22. The van der Waals surface area contributed by atoms with Crippen molar-refractivity contribution >= 4 is 28.8 Å². The maximum absolute atomic E-state index is 11.6. The summed E-state index contributed by atoms with van der Waals surface area (Å²) in [4.78, 5) is 18.8. The largest absolute Gasteiger partial charge is 0.353 e. The van der Waals surface area contributed by atoms with Gasteiger partial charge in [-0.15, -0.1) is 0 Å². The molecule has 136 valence electrons. The van der Waals surface area contributed by atoms with Gasteiger partial charge in [-0.05, 0) is 36.8 Å². The minimum atomic E-state index is -0.532. The van der Waals surface area contributed by atoms with E-state index in [1.54, 1.807) is 17.6 Å². The van der Waals surface area contributed by atoms with Gasteiger partial charge in [0.15, 0.2) is 0 Å². The number of nitrogens with one attached hydrogen (secondary N) is 2.